The molecular weight excluding hydrogens is 475 g/mol. The molecule has 3 fully saturated rings. The van der Waals surface area contributed by atoms with Crippen molar-refractivity contribution in [2.75, 3.05) is 57.9 Å². The number of anilines is 1. The van der Waals surface area contributed by atoms with E-state index >= 15 is 0 Å². The van der Waals surface area contributed by atoms with Gasteiger partial charge in [0.25, 0.3) is 0 Å². The first-order valence-corrected chi connectivity index (χ1v) is 12.8. The quantitative estimate of drug-likeness (QED) is 0.649. The lowest BCUT2D eigenvalue weighted by Gasteiger charge is -2.46. The predicted octanol–water partition coefficient (Wildman–Crippen LogP) is 2.37. The highest BCUT2D eigenvalue weighted by Gasteiger charge is 2.52. The van der Waals surface area contributed by atoms with Crippen molar-refractivity contribution in [3.8, 4) is 11.8 Å². The van der Waals surface area contributed by atoms with E-state index in [-0.39, 0.29) is 24.9 Å². The third kappa shape index (κ3) is 3.95. The molecule has 0 aromatic heterocycles. The first-order valence-electron chi connectivity index (χ1n) is 12.8. The van der Waals surface area contributed by atoms with Gasteiger partial charge in [0.2, 0.25) is 11.8 Å². The van der Waals surface area contributed by atoms with Crippen LogP contribution in [-0.2, 0) is 25.2 Å². The summed E-state index contributed by atoms with van der Waals surface area (Å²) in [5.41, 5.74) is 1.92. The number of likely N-dealkylation sites (tertiary alicyclic amines) is 2. The van der Waals surface area contributed by atoms with Crippen molar-refractivity contribution in [3.05, 3.63) is 59.2 Å². The summed E-state index contributed by atoms with van der Waals surface area (Å²) in [4.78, 5) is 29.7. The van der Waals surface area contributed by atoms with Crippen LogP contribution in [0.15, 0.2) is 42.5 Å². The molecule has 6 rings (SSSR count). The lowest BCUT2D eigenvalue weighted by atomic mass is 9.73. The van der Waals surface area contributed by atoms with Crippen LogP contribution < -0.4 is 10.1 Å². The topological polar surface area (TPSA) is 94.9 Å². The number of benzene rings is 2. The summed E-state index contributed by atoms with van der Waals surface area (Å²) in [6.07, 6.45) is 0.479. The van der Waals surface area contributed by atoms with Crippen LogP contribution in [-0.4, -0.2) is 80.3 Å². The summed E-state index contributed by atoms with van der Waals surface area (Å²) < 4.78 is 24.6. The number of amides is 2. The molecule has 2 amide bonds. The minimum absolute atomic E-state index is 0.0281. The van der Waals surface area contributed by atoms with E-state index in [4.69, 9.17) is 9.47 Å². The van der Waals surface area contributed by atoms with Gasteiger partial charge in [0, 0.05) is 12.2 Å². The highest BCUT2D eigenvalue weighted by atomic mass is 19.1. The normalized spacial score (nSPS) is 21.9. The smallest absolute Gasteiger partial charge is 0.238 e. The third-order valence-electron chi connectivity index (χ3n) is 8.37. The van der Waals surface area contributed by atoms with Crippen LogP contribution >= 0.6 is 0 Å². The van der Waals surface area contributed by atoms with Gasteiger partial charge < -0.3 is 19.7 Å². The number of nitrogens with zero attached hydrogens (tertiary/aromatic N) is 3. The third-order valence-corrected chi connectivity index (χ3v) is 8.37. The molecule has 4 heterocycles. The van der Waals surface area contributed by atoms with Gasteiger partial charge in [-0.05, 0) is 67.4 Å². The standard InChI is InChI=1S/C28H29FN4O4/c29-21-15-33(16-21)26(35)28(17-36-18-28)20-2-4-22(5-3-20)37-12-11-32-9-7-27(8-10-32)23-13-19(14-30)1-6-24(23)31-25(27)34/h1-6,13,21H,7-12,15-18H2,(H,31,34). The Balaban J connectivity index is 1.02. The van der Waals surface area contributed by atoms with Crippen LogP contribution in [0.5, 0.6) is 5.75 Å². The minimum atomic E-state index is -0.925. The number of ether oxygens (including phenoxy) is 2. The van der Waals surface area contributed by atoms with Gasteiger partial charge in [-0.3, -0.25) is 14.5 Å². The fraction of sp³-hybridized carbons (Fsp3) is 0.464. The average Bonchev–Trinajstić information content (AvgIpc) is 3.13. The Hall–Kier alpha value is -3.48. The number of hydrogen-bond acceptors (Lipinski definition) is 6. The van der Waals surface area contributed by atoms with Crippen LogP contribution in [0.25, 0.3) is 0 Å². The maximum Gasteiger partial charge on any atom is 0.238 e. The first kappa shape index (κ1) is 23.9. The van der Waals surface area contributed by atoms with Crippen molar-refractivity contribution < 1.29 is 23.5 Å². The molecule has 37 heavy (non-hydrogen) atoms. The zero-order valence-corrected chi connectivity index (χ0v) is 20.5. The van der Waals surface area contributed by atoms with Gasteiger partial charge in [-0.25, -0.2) is 4.39 Å². The van der Waals surface area contributed by atoms with E-state index in [1.54, 1.807) is 11.0 Å². The largest absolute Gasteiger partial charge is 0.492 e. The number of alkyl halides is 1. The van der Waals surface area contributed by atoms with Gasteiger partial charge in [-0.1, -0.05) is 12.1 Å². The van der Waals surface area contributed by atoms with Gasteiger partial charge in [-0.15, -0.1) is 0 Å². The molecule has 4 aliphatic heterocycles. The van der Waals surface area contributed by atoms with Crippen molar-refractivity contribution in [2.24, 2.45) is 0 Å². The Labute approximate surface area is 214 Å². The summed E-state index contributed by atoms with van der Waals surface area (Å²) in [5.74, 6) is 0.688. The van der Waals surface area contributed by atoms with Crippen molar-refractivity contribution in [2.45, 2.75) is 29.8 Å². The SMILES string of the molecule is N#Cc1ccc2c(c1)C1(CCN(CCOc3ccc(C4(C(=O)N5CC(F)C5)COC4)cc3)CC1)C(=O)N2. The molecule has 0 aliphatic carbocycles. The van der Waals surface area contributed by atoms with Gasteiger partial charge >= 0.3 is 0 Å². The van der Waals surface area contributed by atoms with E-state index in [1.807, 2.05) is 36.4 Å². The molecule has 1 N–H and O–H groups in total. The monoisotopic (exact) mass is 504 g/mol. The Bertz CT molecular complexity index is 1260. The number of halogens is 1. The van der Waals surface area contributed by atoms with Gasteiger partial charge in [0.1, 0.15) is 23.9 Å². The van der Waals surface area contributed by atoms with Crippen molar-refractivity contribution in [1.82, 2.24) is 9.80 Å². The summed E-state index contributed by atoms with van der Waals surface area (Å²) in [6, 6.07) is 15.1. The van der Waals surface area contributed by atoms with E-state index in [0.29, 0.717) is 38.2 Å². The molecule has 8 nitrogen and oxygen atoms in total. The number of nitriles is 1. The van der Waals surface area contributed by atoms with E-state index in [2.05, 4.69) is 16.3 Å². The van der Waals surface area contributed by atoms with Gasteiger partial charge in [-0.2, -0.15) is 5.26 Å². The number of piperidine rings is 1. The lowest BCUT2D eigenvalue weighted by molar-refractivity contribution is -0.163. The highest BCUT2D eigenvalue weighted by Crippen LogP contribution is 2.45. The summed E-state index contributed by atoms with van der Waals surface area (Å²) in [5, 5.41) is 12.3. The Morgan fingerprint density at radius 1 is 1.16 bits per heavy atom. The summed E-state index contributed by atoms with van der Waals surface area (Å²) in [6.45, 7) is 3.74. The molecular formula is C28H29FN4O4. The van der Waals surface area contributed by atoms with Crippen LogP contribution in [0.3, 0.4) is 0 Å². The molecule has 2 aromatic carbocycles. The van der Waals surface area contributed by atoms with E-state index in [1.165, 1.54) is 0 Å². The van der Waals surface area contributed by atoms with Crippen LogP contribution in [0, 0.1) is 11.3 Å². The zero-order valence-electron chi connectivity index (χ0n) is 20.5. The van der Waals surface area contributed by atoms with Crippen LogP contribution in [0.1, 0.15) is 29.5 Å². The molecule has 3 saturated heterocycles. The molecule has 0 bridgehead atoms. The number of carbonyl (C=O) groups excluding carboxylic acids is 2. The second-order valence-corrected chi connectivity index (χ2v) is 10.5. The predicted molar refractivity (Wildman–Crippen MR) is 133 cm³/mol. The number of carbonyl (C=O) groups is 2. The molecule has 1 spiro atoms. The van der Waals surface area contributed by atoms with Gasteiger partial charge in [0.05, 0.1) is 43.4 Å². The Kier molecular flexibility index (Phi) is 5.89. The van der Waals surface area contributed by atoms with Crippen molar-refractivity contribution in [1.29, 1.82) is 5.26 Å². The fourth-order valence-electron chi connectivity index (χ4n) is 5.91. The maximum atomic E-state index is 13.3. The molecule has 0 unspecified atom stereocenters. The second kappa shape index (κ2) is 9.12. The summed E-state index contributed by atoms with van der Waals surface area (Å²) >= 11 is 0. The molecule has 0 atom stereocenters. The Morgan fingerprint density at radius 2 is 1.89 bits per heavy atom. The molecule has 0 saturated carbocycles. The summed E-state index contributed by atoms with van der Waals surface area (Å²) in [7, 11) is 0. The van der Waals surface area contributed by atoms with Crippen molar-refractivity contribution >= 4 is 17.5 Å². The highest BCUT2D eigenvalue weighted by molar-refractivity contribution is 6.06. The minimum Gasteiger partial charge on any atom is -0.492 e. The zero-order chi connectivity index (χ0) is 25.6. The second-order valence-electron chi connectivity index (χ2n) is 10.5. The average molecular weight is 505 g/mol. The molecule has 2 aromatic rings. The molecule has 9 heteroatoms. The maximum absolute atomic E-state index is 13.3. The van der Waals surface area contributed by atoms with E-state index in [0.717, 1.165) is 42.2 Å². The van der Waals surface area contributed by atoms with Crippen LogP contribution in [0.2, 0.25) is 0 Å². The lowest BCUT2D eigenvalue weighted by Crippen LogP contribution is -2.64. The molecule has 192 valence electrons. The van der Waals surface area contributed by atoms with Crippen LogP contribution in [0.4, 0.5) is 10.1 Å². The number of rotatable bonds is 6. The first-order chi connectivity index (χ1) is 17.9. The number of hydrogen-bond donors (Lipinski definition) is 1. The molecule has 0 radical (unpaired) electrons. The number of nitrogens with one attached hydrogen (secondary N) is 1. The van der Waals surface area contributed by atoms with Crippen molar-refractivity contribution in [3.63, 3.8) is 0 Å². The fourth-order valence-corrected chi connectivity index (χ4v) is 5.91. The van der Waals surface area contributed by atoms with Gasteiger partial charge in [0.15, 0.2) is 0 Å². The Morgan fingerprint density at radius 3 is 2.51 bits per heavy atom. The number of fused-ring (bicyclic) bond motifs is 2. The van der Waals surface area contributed by atoms with E-state index < -0.39 is 17.0 Å². The van der Waals surface area contributed by atoms with E-state index in [9.17, 15) is 19.2 Å². The molecule has 4 aliphatic rings.